The monoisotopic (exact) mass is 352 g/mol. The molecular weight excluding hydrogens is 336 g/mol. The SMILES string of the molecule is Cc1ccc(S(=O)(=O)OCC2COC(c3ccc(C=O)o3)O2)cc1. The van der Waals surface area contributed by atoms with Gasteiger partial charge in [-0.05, 0) is 31.2 Å². The highest BCUT2D eigenvalue weighted by molar-refractivity contribution is 7.86. The molecule has 0 aliphatic carbocycles. The van der Waals surface area contributed by atoms with Crippen LogP contribution in [0.1, 0.15) is 28.2 Å². The van der Waals surface area contributed by atoms with Crippen molar-refractivity contribution < 1.29 is 31.3 Å². The van der Waals surface area contributed by atoms with Crippen LogP contribution in [0.15, 0.2) is 45.7 Å². The summed E-state index contributed by atoms with van der Waals surface area (Å²) in [4.78, 5) is 10.7. The fourth-order valence-corrected chi connectivity index (χ4v) is 3.12. The van der Waals surface area contributed by atoms with E-state index in [0.29, 0.717) is 12.0 Å². The minimum atomic E-state index is -3.85. The minimum Gasteiger partial charge on any atom is -0.453 e. The van der Waals surface area contributed by atoms with Gasteiger partial charge in [-0.25, -0.2) is 0 Å². The van der Waals surface area contributed by atoms with E-state index in [-0.39, 0.29) is 23.9 Å². The van der Waals surface area contributed by atoms with E-state index in [4.69, 9.17) is 18.1 Å². The summed E-state index contributed by atoms with van der Waals surface area (Å²) < 4.78 is 45.4. The van der Waals surface area contributed by atoms with E-state index in [1.165, 1.54) is 18.2 Å². The molecule has 24 heavy (non-hydrogen) atoms. The summed E-state index contributed by atoms with van der Waals surface area (Å²) in [5, 5.41) is 0. The molecular formula is C16H16O7S. The second kappa shape index (κ2) is 6.86. The number of hydrogen-bond donors (Lipinski definition) is 0. The summed E-state index contributed by atoms with van der Waals surface area (Å²) in [6.07, 6.45) is -0.762. The van der Waals surface area contributed by atoms with E-state index in [1.54, 1.807) is 18.2 Å². The van der Waals surface area contributed by atoms with Crippen LogP contribution in [0.25, 0.3) is 0 Å². The highest BCUT2D eigenvalue weighted by Crippen LogP contribution is 2.28. The molecule has 0 bridgehead atoms. The molecule has 0 amide bonds. The Morgan fingerprint density at radius 2 is 1.96 bits per heavy atom. The Kier molecular flexibility index (Phi) is 4.81. The van der Waals surface area contributed by atoms with Crippen molar-refractivity contribution in [2.75, 3.05) is 13.2 Å². The predicted octanol–water partition coefficient (Wildman–Crippen LogP) is 2.22. The van der Waals surface area contributed by atoms with Gasteiger partial charge < -0.3 is 13.9 Å². The quantitative estimate of drug-likeness (QED) is 0.581. The van der Waals surface area contributed by atoms with Crippen LogP contribution in [-0.2, 0) is 23.8 Å². The molecule has 0 saturated carbocycles. The molecule has 0 N–H and O–H groups in total. The zero-order valence-corrected chi connectivity index (χ0v) is 13.7. The Hall–Kier alpha value is -2.00. The fraction of sp³-hybridized carbons (Fsp3) is 0.312. The van der Waals surface area contributed by atoms with Crippen LogP contribution < -0.4 is 0 Å². The lowest BCUT2D eigenvalue weighted by atomic mass is 10.2. The molecule has 1 saturated heterocycles. The number of rotatable bonds is 6. The number of furan rings is 1. The highest BCUT2D eigenvalue weighted by atomic mass is 32.2. The molecule has 8 heteroatoms. The van der Waals surface area contributed by atoms with E-state index >= 15 is 0 Å². The molecule has 1 aromatic carbocycles. The maximum atomic E-state index is 12.1. The van der Waals surface area contributed by atoms with Gasteiger partial charge in [-0.1, -0.05) is 17.7 Å². The van der Waals surface area contributed by atoms with E-state index in [9.17, 15) is 13.2 Å². The third-order valence-electron chi connectivity index (χ3n) is 3.46. The van der Waals surface area contributed by atoms with Crippen molar-refractivity contribution in [1.82, 2.24) is 0 Å². The number of ether oxygens (including phenoxy) is 2. The lowest BCUT2D eigenvalue weighted by Crippen LogP contribution is -2.21. The predicted molar refractivity (Wildman–Crippen MR) is 82.0 cm³/mol. The van der Waals surface area contributed by atoms with E-state index in [2.05, 4.69) is 0 Å². The van der Waals surface area contributed by atoms with Gasteiger partial charge in [0.2, 0.25) is 6.29 Å². The molecule has 128 valence electrons. The summed E-state index contributed by atoms with van der Waals surface area (Å²) in [5.41, 5.74) is 0.956. The van der Waals surface area contributed by atoms with Gasteiger partial charge in [0.1, 0.15) is 6.10 Å². The molecule has 1 fully saturated rings. The van der Waals surface area contributed by atoms with Crippen molar-refractivity contribution in [3.8, 4) is 0 Å². The zero-order chi connectivity index (χ0) is 17.2. The van der Waals surface area contributed by atoms with Gasteiger partial charge in [0.25, 0.3) is 10.1 Å². The summed E-state index contributed by atoms with van der Waals surface area (Å²) in [6, 6.07) is 9.44. The largest absolute Gasteiger partial charge is 0.453 e. The average Bonchev–Trinajstić information content (AvgIpc) is 3.22. The maximum absolute atomic E-state index is 12.1. The van der Waals surface area contributed by atoms with Crippen molar-refractivity contribution in [3.63, 3.8) is 0 Å². The van der Waals surface area contributed by atoms with Crippen LogP contribution in [0.5, 0.6) is 0 Å². The molecule has 0 spiro atoms. The molecule has 7 nitrogen and oxygen atoms in total. The first-order valence-electron chi connectivity index (χ1n) is 7.26. The number of aldehydes is 1. The van der Waals surface area contributed by atoms with Crippen LogP contribution in [0.3, 0.4) is 0 Å². The van der Waals surface area contributed by atoms with Gasteiger partial charge in [-0.2, -0.15) is 8.42 Å². The van der Waals surface area contributed by atoms with Crippen LogP contribution in [-0.4, -0.2) is 34.0 Å². The number of carbonyl (C=O) groups is 1. The van der Waals surface area contributed by atoms with Gasteiger partial charge in [0.05, 0.1) is 18.1 Å². The van der Waals surface area contributed by atoms with Gasteiger partial charge in [0, 0.05) is 0 Å². The Labute approximate surface area is 139 Å². The lowest BCUT2D eigenvalue weighted by molar-refractivity contribution is -0.0787. The Bertz CT molecular complexity index is 807. The van der Waals surface area contributed by atoms with Gasteiger partial charge in [-0.15, -0.1) is 0 Å². The van der Waals surface area contributed by atoms with Gasteiger partial charge >= 0.3 is 0 Å². The van der Waals surface area contributed by atoms with Crippen molar-refractivity contribution in [2.45, 2.75) is 24.2 Å². The van der Waals surface area contributed by atoms with Crippen molar-refractivity contribution >= 4 is 16.4 Å². The standard InChI is InChI=1S/C16H16O7S/c1-11-2-5-14(6-3-11)24(18,19)21-10-13-9-20-16(23-13)15-7-4-12(8-17)22-15/h2-8,13,16H,9-10H2,1H3. The van der Waals surface area contributed by atoms with E-state index in [1.807, 2.05) is 6.92 Å². The zero-order valence-electron chi connectivity index (χ0n) is 12.9. The van der Waals surface area contributed by atoms with Gasteiger partial charge in [-0.3, -0.25) is 8.98 Å². The van der Waals surface area contributed by atoms with Crippen LogP contribution in [0.4, 0.5) is 0 Å². The first-order valence-corrected chi connectivity index (χ1v) is 8.67. The summed E-state index contributed by atoms with van der Waals surface area (Å²) in [5.74, 6) is 0.514. The number of carbonyl (C=O) groups excluding carboxylic acids is 1. The molecule has 1 aliphatic rings. The molecule has 0 radical (unpaired) electrons. The van der Waals surface area contributed by atoms with E-state index in [0.717, 1.165) is 5.56 Å². The molecule has 2 heterocycles. The molecule has 2 atom stereocenters. The second-order valence-electron chi connectivity index (χ2n) is 5.33. The average molecular weight is 352 g/mol. The number of aryl methyl sites for hydroxylation is 1. The lowest BCUT2D eigenvalue weighted by Gasteiger charge is -2.10. The maximum Gasteiger partial charge on any atom is 0.297 e. The summed E-state index contributed by atoms with van der Waals surface area (Å²) >= 11 is 0. The molecule has 2 aromatic rings. The minimum absolute atomic E-state index is 0.0882. The normalized spacial score (nSPS) is 21.0. The van der Waals surface area contributed by atoms with Crippen molar-refractivity contribution in [3.05, 3.63) is 53.5 Å². The first kappa shape index (κ1) is 16.8. The third-order valence-corrected chi connectivity index (χ3v) is 4.76. The molecule has 1 aromatic heterocycles. The second-order valence-corrected chi connectivity index (χ2v) is 6.95. The number of hydrogen-bond acceptors (Lipinski definition) is 7. The van der Waals surface area contributed by atoms with Crippen LogP contribution in [0, 0.1) is 6.92 Å². The Morgan fingerprint density at radius 3 is 2.62 bits per heavy atom. The summed E-state index contributed by atoms with van der Waals surface area (Å²) in [6.45, 7) is 1.85. The molecule has 2 unspecified atom stereocenters. The van der Waals surface area contributed by atoms with Crippen molar-refractivity contribution in [2.24, 2.45) is 0 Å². The highest BCUT2D eigenvalue weighted by Gasteiger charge is 2.31. The Morgan fingerprint density at radius 1 is 1.21 bits per heavy atom. The summed E-state index contributed by atoms with van der Waals surface area (Å²) in [7, 11) is -3.85. The number of benzene rings is 1. The molecule has 3 rings (SSSR count). The smallest absolute Gasteiger partial charge is 0.297 e. The first-order chi connectivity index (χ1) is 11.5. The van der Waals surface area contributed by atoms with Crippen molar-refractivity contribution in [1.29, 1.82) is 0 Å². The Balaban J connectivity index is 1.57. The van der Waals surface area contributed by atoms with E-state index < -0.39 is 22.5 Å². The fourth-order valence-electron chi connectivity index (χ4n) is 2.18. The molecule has 1 aliphatic heterocycles. The van der Waals surface area contributed by atoms with Crippen LogP contribution >= 0.6 is 0 Å². The van der Waals surface area contributed by atoms with Crippen LogP contribution in [0.2, 0.25) is 0 Å². The van der Waals surface area contributed by atoms with Gasteiger partial charge in [0.15, 0.2) is 17.8 Å². The topological polar surface area (TPSA) is 92.0 Å². The third kappa shape index (κ3) is 3.73.